The van der Waals surface area contributed by atoms with E-state index >= 15 is 0 Å². The van der Waals surface area contributed by atoms with Gasteiger partial charge in [-0.15, -0.1) is 0 Å². The third-order valence-electron chi connectivity index (χ3n) is 6.33. The fourth-order valence-electron chi connectivity index (χ4n) is 4.58. The largest absolute Gasteiger partial charge is 0.273 e. The monoisotopic (exact) mass is 444 g/mol. The number of amides is 2. The van der Waals surface area contributed by atoms with Crippen LogP contribution in [0.5, 0.6) is 0 Å². The van der Waals surface area contributed by atoms with Gasteiger partial charge in [-0.25, -0.2) is 14.4 Å². The summed E-state index contributed by atoms with van der Waals surface area (Å²) in [6, 6.07) is 22.5. The molecule has 5 rings (SSSR count). The molecule has 0 bridgehead atoms. The lowest BCUT2D eigenvalue weighted by molar-refractivity contribution is -0.126. The molecule has 0 unspecified atom stereocenters. The Morgan fingerprint density at radius 3 is 2.03 bits per heavy atom. The van der Waals surface area contributed by atoms with Crippen molar-refractivity contribution in [3.05, 3.63) is 95.8 Å². The second-order valence-electron chi connectivity index (χ2n) is 9.52. The lowest BCUT2D eigenvalue weighted by Gasteiger charge is -2.29. The first-order valence-corrected chi connectivity index (χ1v) is 11.0. The van der Waals surface area contributed by atoms with Gasteiger partial charge >= 0.3 is 0 Å². The van der Waals surface area contributed by atoms with E-state index in [4.69, 9.17) is 4.84 Å². The summed E-state index contributed by atoms with van der Waals surface area (Å²) in [6.07, 6.45) is -0.949. The van der Waals surface area contributed by atoms with Crippen LogP contribution in [-0.4, -0.2) is 17.9 Å². The minimum Gasteiger partial charge on any atom is -0.273 e. The topological polar surface area (TPSA) is 49.9 Å². The van der Waals surface area contributed by atoms with Crippen molar-refractivity contribution < 1.29 is 18.8 Å². The van der Waals surface area contributed by atoms with Crippen LogP contribution in [-0.2, 0) is 19.8 Å². The van der Waals surface area contributed by atoms with Gasteiger partial charge in [-0.1, -0.05) is 63.2 Å². The molecule has 0 aromatic heterocycles. The second-order valence-corrected chi connectivity index (χ2v) is 9.52. The molecule has 2 aliphatic heterocycles. The minimum atomic E-state index is -0.949. The van der Waals surface area contributed by atoms with Crippen LogP contribution in [0.15, 0.2) is 78.9 Å². The molecular formula is C27H25FN2O3. The fourth-order valence-corrected chi connectivity index (χ4v) is 4.58. The molecule has 33 heavy (non-hydrogen) atoms. The van der Waals surface area contributed by atoms with Gasteiger partial charge in [0.15, 0.2) is 6.10 Å². The number of halogens is 1. The van der Waals surface area contributed by atoms with Gasteiger partial charge in [0.25, 0.3) is 5.91 Å². The van der Waals surface area contributed by atoms with Gasteiger partial charge in [-0.2, -0.15) is 0 Å². The number of hydrogen-bond donors (Lipinski definition) is 0. The Labute approximate surface area is 192 Å². The Balaban J connectivity index is 1.57. The quantitative estimate of drug-likeness (QED) is 0.523. The molecule has 2 amide bonds. The lowest BCUT2D eigenvalue weighted by atomic mass is 9.84. The zero-order valence-corrected chi connectivity index (χ0v) is 18.7. The summed E-state index contributed by atoms with van der Waals surface area (Å²) in [5, 5.41) is 1.68. The van der Waals surface area contributed by atoms with Gasteiger partial charge in [0, 0.05) is 0 Å². The van der Waals surface area contributed by atoms with Gasteiger partial charge in [-0.05, 0) is 52.9 Å². The Morgan fingerprint density at radius 1 is 0.788 bits per heavy atom. The molecule has 2 aliphatic rings. The zero-order valence-electron chi connectivity index (χ0n) is 18.7. The van der Waals surface area contributed by atoms with Crippen LogP contribution < -0.4 is 9.96 Å². The number of carbonyl (C=O) groups is 2. The Kier molecular flexibility index (Phi) is 5.05. The van der Waals surface area contributed by atoms with Crippen molar-refractivity contribution in [2.24, 2.45) is 5.92 Å². The Morgan fingerprint density at radius 2 is 1.42 bits per heavy atom. The number of hydroxylamine groups is 1. The first kappa shape index (κ1) is 21.3. The summed E-state index contributed by atoms with van der Waals surface area (Å²) >= 11 is 0. The van der Waals surface area contributed by atoms with Crippen LogP contribution in [0, 0.1) is 11.7 Å². The summed E-state index contributed by atoms with van der Waals surface area (Å²) in [6.45, 7) is 6.44. The van der Waals surface area contributed by atoms with Gasteiger partial charge in [0.1, 0.15) is 11.7 Å². The Hall–Kier alpha value is -3.51. The fraction of sp³-hybridized carbons (Fsp3) is 0.259. The summed E-state index contributed by atoms with van der Waals surface area (Å²) < 4.78 is 13.4. The van der Waals surface area contributed by atoms with Crippen LogP contribution in [0.25, 0.3) is 0 Å². The van der Waals surface area contributed by atoms with Gasteiger partial charge in [0.2, 0.25) is 5.91 Å². The predicted molar refractivity (Wildman–Crippen MR) is 124 cm³/mol. The van der Waals surface area contributed by atoms with Crippen molar-refractivity contribution in [1.29, 1.82) is 0 Å². The lowest BCUT2D eigenvalue weighted by Crippen LogP contribution is -2.37. The molecule has 0 spiro atoms. The number of nitrogens with zero attached hydrogens (tertiary/aromatic N) is 2. The molecule has 3 atom stereocenters. The summed E-state index contributed by atoms with van der Waals surface area (Å²) in [5.74, 6) is -1.93. The van der Waals surface area contributed by atoms with E-state index in [9.17, 15) is 14.0 Å². The third-order valence-corrected chi connectivity index (χ3v) is 6.33. The van der Waals surface area contributed by atoms with E-state index in [2.05, 4.69) is 32.9 Å². The third kappa shape index (κ3) is 3.60. The van der Waals surface area contributed by atoms with Crippen LogP contribution in [0.4, 0.5) is 15.8 Å². The van der Waals surface area contributed by atoms with Crippen molar-refractivity contribution in [2.45, 2.75) is 38.3 Å². The normalized spacial score (nSPS) is 22.7. The van der Waals surface area contributed by atoms with Crippen LogP contribution >= 0.6 is 0 Å². The number of carbonyl (C=O) groups excluding carboxylic acids is 2. The minimum absolute atomic E-state index is 0.00904. The maximum absolute atomic E-state index is 13.6. The molecule has 6 heteroatoms. The summed E-state index contributed by atoms with van der Waals surface area (Å²) in [5.41, 5.74) is 3.17. The maximum Gasteiger partial charge on any atom is 0.266 e. The number of fused-ring (bicyclic) bond motifs is 1. The first-order chi connectivity index (χ1) is 15.8. The average Bonchev–Trinajstić information content (AvgIpc) is 3.31. The highest BCUT2D eigenvalue weighted by Crippen LogP contribution is 2.47. The predicted octanol–water partition coefficient (Wildman–Crippen LogP) is 5.17. The van der Waals surface area contributed by atoms with E-state index in [-0.39, 0.29) is 11.3 Å². The number of benzene rings is 3. The Bertz CT molecular complexity index is 1190. The molecule has 0 saturated carbocycles. The molecule has 5 nitrogen and oxygen atoms in total. The number of para-hydroxylation sites is 1. The molecule has 0 N–H and O–H groups in total. The van der Waals surface area contributed by atoms with Crippen LogP contribution in [0.3, 0.4) is 0 Å². The first-order valence-electron chi connectivity index (χ1n) is 11.0. The standard InChI is InChI=1S/C27H25FN2O3/c1-27(2,3)18-11-9-17(10-12-18)23-22-24(33-30(23)21-7-5-4-6-8-21)26(32)29(25(22)31)20-15-13-19(28)14-16-20/h4-16,22-24H,1-3H3/t22-,23-,24+/m0/s1. The number of rotatable bonds is 3. The van der Waals surface area contributed by atoms with E-state index in [0.29, 0.717) is 5.69 Å². The van der Waals surface area contributed by atoms with Gasteiger partial charge < -0.3 is 0 Å². The van der Waals surface area contributed by atoms with Crippen molar-refractivity contribution in [3.8, 4) is 0 Å². The molecule has 0 radical (unpaired) electrons. The SMILES string of the molecule is CC(C)(C)c1ccc([C@H]2[C@@H]3C(=O)N(c4ccc(F)cc4)C(=O)[C@@H]3ON2c2ccccc2)cc1. The van der Waals surface area contributed by atoms with E-state index in [1.54, 1.807) is 5.06 Å². The molecule has 2 fully saturated rings. The van der Waals surface area contributed by atoms with E-state index in [1.165, 1.54) is 29.8 Å². The molecule has 0 aliphatic carbocycles. The summed E-state index contributed by atoms with van der Waals surface area (Å²) in [7, 11) is 0. The van der Waals surface area contributed by atoms with E-state index < -0.39 is 29.8 Å². The number of imide groups is 1. The van der Waals surface area contributed by atoms with Crippen molar-refractivity contribution >= 4 is 23.2 Å². The van der Waals surface area contributed by atoms with E-state index in [0.717, 1.165) is 16.2 Å². The van der Waals surface area contributed by atoms with E-state index in [1.807, 2.05) is 42.5 Å². The molecule has 3 aromatic carbocycles. The van der Waals surface area contributed by atoms with Crippen molar-refractivity contribution in [1.82, 2.24) is 0 Å². The molecule has 2 saturated heterocycles. The summed E-state index contributed by atoms with van der Waals surface area (Å²) in [4.78, 5) is 34.1. The maximum atomic E-state index is 13.6. The molecular weight excluding hydrogens is 419 g/mol. The molecule has 3 aromatic rings. The van der Waals surface area contributed by atoms with Crippen LogP contribution in [0.1, 0.15) is 37.9 Å². The second kappa shape index (κ2) is 7.81. The van der Waals surface area contributed by atoms with Crippen molar-refractivity contribution in [2.75, 3.05) is 9.96 Å². The average molecular weight is 445 g/mol. The highest BCUT2D eigenvalue weighted by molar-refractivity contribution is 6.23. The van der Waals surface area contributed by atoms with Crippen LogP contribution in [0.2, 0.25) is 0 Å². The molecule has 168 valence electrons. The van der Waals surface area contributed by atoms with Gasteiger partial charge in [-0.3, -0.25) is 14.4 Å². The van der Waals surface area contributed by atoms with Gasteiger partial charge in [0.05, 0.1) is 17.4 Å². The number of anilines is 2. The smallest absolute Gasteiger partial charge is 0.266 e. The zero-order chi connectivity index (χ0) is 23.3. The highest BCUT2D eigenvalue weighted by Gasteiger charge is 2.60. The number of hydrogen-bond acceptors (Lipinski definition) is 4. The highest BCUT2D eigenvalue weighted by atomic mass is 19.1. The van der Waals surface area contributed by atoms with Crippen molar-refractivity contribution in [3.63, 3.8) is 0 Å². The molecule has 2 heterocycles.